The van der Waals surface area contributed by atoms with Crippen molar-refractivity contribution in [2.45, 2.75) is 13.1 Å². The molecule has 0 spiro atoms. The number of halogens is 5. The standard InChI is InChI=1S/C40H17F5N4/c1-20-2-3-23(12-36(20)41)21-4-7-27-29-14-34-30(15-33(29)38(31(27)10-21)25(16-46)17-47)28-8-5-22(11-32(28)39(34)26(18-48)19-49)24-6-9-35(37(42)13-24)40(43,44)45/h2-15H,1H3. The van der Waals surface area contributed by atoms with Crippen molar-refractivity contribution in [3.8, 4) is 68.8 Å². The van der Waals surface area contributed by atoms with Crippen molar-refractivity contribution in [3.05, 3.63) is 141 Å². The molecule has 0 fully saturated rings. The van der Waals surface area contributed by atoms with E-state index < -0.39 is 17.6 Å². The first-order valence-electron chi connectivity index (χ1n) is 14.7. The van der Waals surface area contributed by atoms with Crippen LogP contribution in [0.25, 0.3) is 55.7 Å². The van der Waals surface area contributed by atoms with E-state index in [0.717, 1.165) is 12.1 Å². The minimum absolute atomic E-state index is 0.143. The van der Waals surface area contributed by atoms with Crippen molar-refractivity contribution in [1.82, 2.24) is 0 Å². The van der Waals surface area contributed by atoms with Gasteiger partial charge in [-0.05, 0) is 122 Å². The largest absolute Gasteiger partial charge is 0.419 e. The Morgan fingerprint density at radius 1 is 0.469 bits per heavy atom. The summed E-state index contributed by atoms with van der Waals surface area (Å²) < 4.78 is 68.6. The number of hydrogen-bond donors (Lipinski definition) is 0. The Morgan fingerprint density at radius 2 is 0.857 bits per heavy atom. The summed E-state index contributed by atoms with van der Waals surface area (Å²) in [5, 5.41) is 39.9. The molecule has 49 heavy (non-hydrogen) atoms. The smallest absolute Gasteiger partial charge is 0.207 e. The van der Waals surface area contributed by atoms with Gasteiger partial charge in [0.05, 0.1) is 5.56 Å². The van der Waals surface area contributed by atoms with Crippen LogP contribution in [-0.4, -0.2) is 0 Å². The predicted molar refractivity (Wildman–Crippen MR) is 172 cm³/mol. The van der Waals surface area contributed by atoms with Crippen LogP contribution in [0.4, 0.5) is 22.0 Å². The fourth-order valence-corrected chi connectivity index (χ4v) is 6.59. The second-order valence-electron chi connectivity index (χ2n) is 11.6. The van der Waals surface area contributed by atoms with Gasteiger partial charge in [-0.1, -0.05) is 42.5 Å². The van der Waals surface area contributed by atoms with Crippen molar-refractivity contribution >= 4 is 11.1 Å². The lowest BCUT2D eigenvalue weighted by molar-refractivity contribution is -0.139. The third-order valence-electron chi connectivity index (χ3n) is 8.91. The van der Waals surface area contributed by atoms with E-state index >= 15 is 0 Å². The van der Waals surface area contributed by atoms with Crippen LogP contribution in [0, 0.1) is 63.9 Å². The first kappa shape index (κ1) is 30.8. The molecule has 0 amide bonds. The minimum Gasteiger partial charge on any atom is -0.207 e. The van der Waals surface area contributed by atoms with Crippen molar-refractivity contribution < 1.29 is 22.0 Å². The lowest BCUT2D eigenvalue weighted by Gasteiger charge is -2.11. The van der Waals surface area contributed by atoms with Crippen LogP contribution in [-0.2, 0) is 6.18 Å². The number of alkyl halides is 3. The molecule has 0 heterocycles. The Balaban J connectivity index is 1.44. The molecule has 5 aromatic carbocycles. The monoisotopic (exact) mass is 648 g/mol. The third kappa shape index (κ3) is 4.77. The van der Waals surface area contributed by atoms with E-state index in [0.29, 0.717) is 84.0 Å². The topological polar surface area (TPSA) is 95.2 Å². The maximum absolute atomic E-state index is 14.5. The molecule has 4 nitrogen and oxygen atoms in total. The van der Waals surface area contributed by atoms with Gasteiger partial charge in [-0.3, -0.25) is 0 Å². The Labute approximate surface area is 276 Å². The van der Waals surface area contributed by atoms with Crippen molar-refractivity contribution in [1.29, 1.82) is 21.0 Å². The van der Waals surface area contributed by atoms with E-state index in [-0.39, 0.29) is 22.5 Å². The molecular weight excluding hydrogens is 631 g/mol. The summed E-state index contributed by atoms with van der Waals surface area (Å²) in [5.74, 6) is -1.81. The molecule has 0 bridgehead atoms. The number of nitriles is 4. The van der Waals surface area contributed by atoms with Gasteiger partial charge in [0.15, 0.2) is 0 Å². The van der Waals surface area contributed by atoms with E-state index in [9.17, 15) is 43.0 Å². The van der Waals surface area contributed by atoms with Gasteiger partial charge in [0, 0.05) is 11.1 Å². The van der Waals surface area contributed by atoms with E-state index in [4.69, 9.17) is 0 Å². The molecule has 0 saturated carbocycles. The van der Waals surface area contributed by atoms with Gasteiger partial charge in [0.1, 0.15) is 47.1 Å². The summed E-state index contributed by atoms with van der Waals surface area (Å²) in [6, 6.07) is 29.2. The number of rotatable bonds is 2. The molecule has 0 N–H and O–H groups in total. The van der Waals surface area contributed by atoms with Crippen LogP contribution in [0.2, 0.25) is 0 Å². The summed E-state index contributed by atoms with van der Waals surface area (Å²) in [6.45, 7) is 1.66. The molecular formula is C40H17F5N4. The number of fused-ring (bicyclic) bond motifs is 6. The first-order chi connectivity index (χ1) is 23.5. The fraction of sp³-hybridized carbons (Fsp3) is 0.0500. The van der Waals surface area contributed by atoms with Crippen LogP contribution in [0.15, 0.2) is 96.1 Å². The Hall–Kier alpha value is -6.81. The quantitative estimate of drug-likeness (QED) is 0.138. The SMILES string of the molecule is Cc1ccc(-c2ccc3c(c2)C(=C(C#N)C#N)c2cc4c(cc2-3)C(=C(C#N)C#N)c2cc(-c3ccc(C(F)(F)F)c(F)c3)ccc2-4)cc1F. The van der Waals surface area contributed by atoms with Gasteiger partial charge in [-0.25, -0.2) is 8.78 Å². The summed E-state index contributed by atoms with van der Waals surface area (Å²) in [6.07, 6.45) is -4.87. The number of allylic oxidation sites excluding steroid dienone is 2. The van der Waals surface area contributed by atoms with Crippen molar-refractivity contribution in [2.24, 2.45) is 0 Å². The summed E-state index contributed by atoms with van der Waals surface area (Å²) in [5.41, 5.74) is 5.83. The van der Waals surface area contributed by atoms with Crippen molar-refractivity contribution in [2.75, 3.05) is 0 Å². The maximum atomic E-state index is 14.5. The maximum Gasteiger partial charge on any atom is 0.419 e. The molecule has 0 saturated heterocycles. The number of nitrogens with zero attached hydrogens (tertiary/aromatic N) is 4. The second kappa shape index (κ2) is 11.2. The van der Waals surface area contributed by atoms with Gasteiger partial charge in [-0.2, -0.15) is 34.2 Å². The lowest BCUT2D eigenvalue weighted by Crippen LogP contribution is -2.07. The highest BCUT2D eigenvalue weighted by Gasteiger charge is 2.35. The average Bonchev–Trinajstić information content (AvgIpc) is 3.57. The Bertz CT molecular complexity index is 2530. The minimum atomic E-state index is -4.87. The Kier molecular flexibility index (Phi) is 7.02. The van der Waals surface area contributed by atoms with E-state index in [2.05, 4.69) is 0 Å². The molecule has 2 aliphatic carbocycles. The lowest BCUT2D eigenvalue weighted by atomic mass is 9.93. The zero-order valence-corrected chi connectivity index (χ0v) is 25.3. The van der Waals surface area contributed by atoms with Crippen LogP contribution in [0.3, 0.4) is 0 Å². The molecule has 0 radical (unpaired) electrons. The molecule has 0 atom stereocenters. The van der Waals surface area contributed by atoms with Gasteiger partial charge in [0.2, 0.25) is 0 Å². The van der Waals surface area contributed by atoms with Gasteiger partial charge < -0.3 is 0 Å². The summed E-state index contributed by atoms with van der Waals surface area (Å²) >= 11 is 0. The fourth-order valence-electron chi connectivity index (χ4n) is 6.59. The first-order valence-corrected chi connectivity index (χ1v) is 14.7. The normalized spacial score (nSPS) is 12.1. The second-order valence-corrected chi connectivity index (χ2v) is 11.6. The average molecular weight is 649 g/mol. The number of benzene rings is 5. The Morgan fingerprint density at radius 3 is 1.27 bits per heavy atom. The summed E-state index contributed by atoms with van der Waals surface area (Å²) in [4.78, 5) is 0. The van der Waals surface area contributed by atoms with Gasteiger partial charge in [-0.15, -0.1) is 0 Å². The third-order valence-corrected chi connectivity index (χ3v) is 8.91. The highest BCUT2D eigenvalue weighted by atomic mass is 19.4. The molecule has 9 heteroatoms. The molecule has 2 aliphatic rings. The molecule has 0 aliphatic heterocycles. The molecule has 5 aromatic rings. The van der Waals surface area contributed by atoms with Gasteiger partial charge >= 0.3 is 6.18 Å². The van der Waals surface area contributed by atoms with Crippen LogP contribution >= 0.6 is 0 Å². The zero-order chi connectivity index (χ0) is 34.8. The number of hydrogen-bond acceptors (Lipinski definition) is 4. The molecule has 0 unspecified atom stereocenters. The van der Waals surface area contributed by atoms with E-state index in [1.807, 2.05) is 30.3 Å². The van der Waals surface area contributed by atoms with Crippen LogP contribution in [0.5, 0.6) is 0 Å². The van der Waals surface area contributed by atoms with Crippen molar-refractivity contribution in [3.63, 3.8) is 0 Å². The summed E-state index contributed by atoms with van der Waals surface area (Å²) in [7, 11) is 0. The highest BCUT2D eigenvalue weighted by molar-refractivity contribution is 6.11. The zero-order valence-electron chi connectivity index (χ0n) is 25.3. The van der Waals surface area contributed by atoms with E-state index in [1.165, 1.54) is 6.07 Å². The highest BCUT2D eigenvalue weighted by Crippen LogP contribution is 2.54. The molecule has 7 rings (SSSR count). The molecule has 232 valence electrons. The van der Waals surface area contributed by atoms with Gasteiger partial charge in [0.25, 0.3) is 0 Å². The van der Waals surface area contributed by atoms with Crippen LogP contribution < -0.4 is 0 Å². The van der Waals surface area contributed by atoms with Crippen LogP contribution in [0.1, 0.15) is 33.4 Å². The molecule has 0 aromatic heterocycles. The number of aryl methyl sites for hydroxylation is 1. The predicted octanol–water partition coefficient (Wildman–Crippen LogP) is 10.3. The van der Waals surface area contributed by atoms with E-state index in [1.54, 1.807) is 61.5 Å².